The van der Waals surface area contributed by atoms with Gasteiger partial charge in [-0.25, -0.2) is 13.2 Å². The lowest BCUT2D eigenvalue weighted by Gasteiger charge is -2.19. The third-order valence-corrected chi connectivity index (χ3v) is 4.95. The summed E-state index contributed by atoms with van der Waals surface area (Å²) in [5, 5.41) is 0. The van der Waals surface area contributed by atoms with Crippen LogP contribution in [0.15, 0.2) is 35.9 Å². The molecule has 0 saturated carbocycles. The molecule has 29 heavy (non-hydrogen) atoms. The van der Waals surface area contributed by atoms with Crippen molar-refractivity contribution in [1.82, 2.24) is 0 Å². The minimum atomic E-state index is -5.23. The monoisotopic (exact) mass is 414 g/mol. The van der Waals surface area contributed by atoms with Gasteiger partial charge in [0.15, 0.2) is 11.6 Å². The predicted molar refractivity (Wildman–Crippen MR) is 98.1 cm³/mol. The molecule has 0 unspecified atom stereocenters. The third kappa shape index (κ3) is 5.14. The first-order valence-corrected chi connectivity index (χ1v) is 9.42. The second-order valence-corrected chi connectivity index (χ2v) is 7.12. The van der Waals surface area contributed by atoms with Crippen LogP contribution in [0.1, 0.15) is 43.7 Å². The van der Waals surface area contributed by atoms with Crippen LogP contribution in [-0.4, -0.2) is 6.36 Å². The minimum Gasteiger partial charge on any atom is -0.399 e. The van der Waals surface area contributed by atoms with Crippen LogP contribution in [0, 0.1) is 17.5 Å². The van der Waals surface area contributed by atoms with Gasteiger partial charge in [-0.15, -0.1) is 13.2 Å². The molecule has 0 atom stereocenters. The molecule has 1 aliphatic rings. The minimum absolute atomic E-state index is 0.0667. The summed E-state index contributed by atoms with van der Waals surface area (Å²) in [7, 11) is 0. The molecule has 0 aromatic heterocycles. The van der Waals surface area contributed by atoms with Crippen molar-refractivity contribution in [2.45, 2.75) is 51.8 Å². The molecule has 0 spiro atoms. The lowest BCUT2D eigenvalue weighted by molar-refractivity contribution is -0.276. The number of fused-ring (bicyclic) bond motifs is 1. The van der Waals surface area contributed by atoms with E-state index < -0.39 is 29.6 Å². The normalized spacial score (nSPS) is 13.8. The molecule has 1 aliphatic carbocycles. The van der Waals surface area contributed by atoms with Gasteiger partial charge in [0.2, 0.25) is 5.75 Å². The third-order valence-electron chi connectivity index (χ3n) is 4.95. The molecule has 7 heteroatoms. The molecule has 0 heterocycles. The fourth-order valence-corrected chi connectivity index (χ4v) is 3.53. The van der Waals surface area contributed by atoms with Crippen LogP contribution in [0.25, 0.3) is 11.1 Å². The summed E-state index contributed by atoms with van der Waals surface area (Å²) >= 11 is 0. The van der Waals surface area contributed by atoms with Gasteiger partial charge < -0.3 is 4.74 Å². The van der Waals surface area contributed by atoms with Crippen LogP contribution in [-0.2, 0) is 12.8 Å². The highest BCUT2D eigenvalue weighted by Crippen LogP contribution is 2.35. The molecular weight excluding hydrogens is 394 g/mol. The van der Waals surface area contributed by atoms with E-state index in [1.165, 1.54) is 17.7 Å². The molecule has 0 radical (unpaired) electrons. The lowest BCUT2D eigenvalue weighted by atomic mass is 9.87. The molecule has 0 bridgehead atoms. The summed E-state index contributed by atoms with van der Waals surface area (Å²) in [6, 6.07) is 4.13. The summed E-state index contributed by atoms with van der Waals surface area (Å²) in [5.41, 5.74) is 2.63. The Kier molecular flexibility index (Phi) is 6.24. The zero-order valence-corrected chi connectivity index (χ0v) is 15.8. The van der Waals surface area contributed by atoms with E-state index in [1.807, 2.05) is 0 Å². The highest BCUT2D eigenvalue weighted by atomic mass is 19.4. The second kappa shape index (κ2) is 8.51. The van der Waals surface area contributed by atoms with Crippen molar-refractivity contribution in [2.75, 3.05) is 0 Å². The number of hydrogen-bond donors (Lipinski definition) is 0. The largest absolute Gasteiger partial charge is 0.573 e. The van der Waals surface area contributed by atoms with Crippen LogP contribution in [0.4, 0.5) is 26.3 Å². The van der Waals surface area contributed by atoms with Crippen molar-refractivity contribution in [1.29, 1.82) is 0 Å². The molecule has 2 aromatic carbocycles. The Morgan fingerprint density at radius 2 is 1.59 bits per heavy atom. The molecule has 156 valence electrons. The first-order valence-electron chi connectivity index (χ1n) is 9.42. The van der Waals surface area contributed by atoms with E-state index in [9.17, 15) is 26.3 Å². The van der Waals surface area contributed by atoms with E-state index >= 15 is 0 Å². The van der Waals surface area contributed by atoms with E-state index in [0.717, 1.165) is 36.8 Å². The molecule has 3 rings (SSSR count). The molecule has 1 nitrogen and oxygen atoms in total. The number of rotatable bonds is 6. The molecule has 0 aliphatic heterocycles. The van der Waals surface area contributed by atoms with Crippen LogP contribution in [0.2, 0.25) is 0 Å². The van der Waals surface area contributed by atoms with Gasteiger partial charge in [0.1, 0.15) is 5.82 Å². The summed E-state index contributed by atoms with van der Waals surface area (Å²) < 4.78 is 82.9. The van der Waals surface area contributed by atoms with E-state index in [1.54, 1.807) is 0 Å². The Hall–Kier alpha value is -2.44. The Morgan fingerprint density at radius 1 is 0.897 bits per heavy atom. The fourth-order valence-electron chi connectivity index (χ4n) is 3.53. The number of allylic oxidation sites excluding steroid dienone is 2. The van der Waals surface area contributed by atoms with Crippen molar-refractivity contribution >= 4 is 0 Å². The summed E-state index contributed by atoms with van der Waals surface area (Å²) in [6.07, 6.45) is 2.31. The Balaban J connectivity index is 1.88. The Labute approximate surface area is 165 Å². The van der Waals surface area contributed by atoms with Crippen LogP contribution in [0.3, 0.4) is 0 Å². The highest BCUT2D eigenvalue weighted by Gasteiger charge is 2.34. The maximum atomic E-state index is 14.7. The SMILES string of the molecule is CCCCCC1=CCc2cc(-c3cc(F)c(OC(F)(F)F)c(F)c3)c(F)cc2C1. The quantitative estimate of drug-likeness (QED) is 0.274. The topological polar surface area (TPSA) is 9.23 Å². The first-order chi connectivity index (χ1) is 13.7. The molecule has 0 N–H and O–H groups in total. The van der Waals surface area contributed by atoms with Gasteiger partial charge >= 0.3 is 6.36 Å². The highest BCUT2D eigenvalue weighted by molar-refractivity contribution is 5.67. The van der Waals surface area contributed by atoms with E-state index in [-0.39, 0.29) is 11.1 Å². The molecule has 2 aromatic rings. The van der Waals surface area contributed by atoms with Crippen LogP contribution in [0.5, 0.6) is 5.75 Å². The number of alkyl halides is 3. The standard InChI is InChI=1S/C22H20F6O/c1-2-3-4-5-13-6-7-14-9-17(18(23)10-15(14)8-13)16-11-19(24)21(20(25)12-16)29-22(26,27)28/h6,9-12H,2-5,7-8H2,1H3. The van der Waals surface area contributed by atoms with Gasteiger partial charge in [0.05, 0.1) is 0 Å². The molecule has 0 amide bonds. The summed E-state index contributed by atoms with van der Waals surface area (Å²) in [5.74, 6) is -5.33. The second-order valence-electron chi connectivity index (χ2n) is 7.12. The smallest absolute Gasteiger partial charge is 0.399 e. The number of ether oxygens (including phenoxy) is 1. The Morgan fingerprint density at radius 3 is 2.21 bits per heavy atom. The molecular formula is C22H20F6O. The van der Waals surface area contributed by atoms with Crippen LogP contribution >= 0.6 is 0 Å². The molecule has 0 saturated heterocycles. The maximum absolute atomic E-state index is 14.7. The van der Waals surface area contributed by atoms with Crippen molar-refractivity contribution in [3.8, 4) is 16.9 Å². The maximum Gasteiger partial charge on any atom is 0.573 e. The van der Waals surface area contributed by atoms with Gasteiger partial charge in [-0.05, 0) is 66.6 Å². The van der Waals surface area contributed by atoms with Gasteiger partial charge in [-0.2, -0.15) is 0 Å². The zero-order chi connectivity index (χ0) is 21.2. The summed E-state index contributed by atoms with van der Waals surface area (Å²) in [4.78, 5) is 0. The van der Waals surface area contributed by atoms with Crippen molar-refractivity contribution < 1.29 is 31.1 Å². The van der Waals surface area contributed by atoms with Crippen LogP contribution < -0.4 is 4.74 Å². The lowest BCUT2D eigenvalue weighted by Crippen LogP contribution is -2.19. The average Bonchev–Trinajstić information content (AvgIpc) is 2.63. The van der Waals surface area contributed by atoms with Crippen molar-refractivity contribution in [3.63, 3.8) is 0 Å². The van der Waals surface area contributed by atoms with E-state index in [0.29, 0.717) is 25.0 Å². The van der Waals surface area contributed by atoms with Gasteiger partial charge in [-0.1, -0.05) is 31.4 Å². The first kappa shape index (κ1) is 21.3. The number of halogens is 6. The summed E-state index contributed by atoms with van der Waals surface area (Å²) in [6.45, 7) is 2.12. The average molecular weight is 414 g/mol. The van der Waals surface area contributed by atoms with Gasteiger partial charge in [0.25, 0.3) is 0 Å². The molecule has 0 fully saturated rings. The number of benzene rings is 2. The zero-order valence-electron chi connectivity index (χ0n) is 15.8. The fraction of sp³-hybridized carbons (Fsp3) is 0.364. The number of unbranched alkanes of at least 4 members (excludes halogenated alkanes) is 2. The number of hydrogen-bond acceptors (Lipinski definition) is 1. The van der Waals surface area contributed by atoms with Gasteiger partial charge in [-0.3, -0.25) is 0 Å². The Bertz CT molecular complexity index is 907. The van der Waals surface area contributed by atoms with E-state index in [4.69, 9.17) is 0 Å². The van der Waals surface area contributed by atoms with E-state index in [2.05, 4.69) is 17.7 Å². The van der Waals surface area contributed by atoms with Crippen molar-refractivity contribution in [2.24, 2.45) is 0 Å². The van der Waals surface area contributed by atoms with Crippen molar-refractivity contribution in [3.05, 3.63) is 64.5 Å². The predicted octanol–water partition coefficient (Wildman–Crippen LogP) is 7.27. The van der Waals surface area contributed by atoms with Gasteiger partial charge in [0, 0.05) is 5.56 Å².